The molecule has 0 aliphatic heterocycles. The van der Waals surface area contributed by atoms with Crippen LogP contribution in [0.15, 0.2) is 78.9 Å². The zero-order valence-electron chi connectivity index (χ0n) is 14.4. The molecule has 3 aromatic carbocycles. The standard InChI is InChI=1S/C22H21O3/c1-23-20-14-13-17(16-22(20)24-2)15-21(18-9-5-3-6-10-18)25-19-11-7-4-8-12-19/h3-16,21H,1-2H3. The Morgan fingerprint density at radius 2 is 1.36 bits per heavy atom. The van der Waals surface area contributed by atoms with Crippen molar-refractivity contribution < 1.29 is 14.2 Å². The zero-order chi connectivity index (χ0) is 17.5. The fraction of sp³-hybridized carbons (Fsp3) is 0.136. The van der Waals surface area contributed by atoms with Crippen LogP contribution in [0.1, 0.15) is 17.2 Å². The van der Waals surface area contributed by atoms with E-state index in [0.717, 1.165) is 16.9 Å². The van der Waals surface area contributed by atoms with Crippen LogP contribution in [0.25, 0.3) is 0 Å². The van der Waals surface area contributed by atoms with Crippen molar-refractivity contribution in [1.82, 2.24) is 0 Å². The van der Waals surface area contributed by atoms with Gasteiger partial charge in [-0.1, -0.05) is 54.6 Å². The molecule has 3 heteroatoms. The van der Waals surface area contributed by atoms with Crippen LogP contribution in [-0.4, -0.2) is 14.2 Å². The van der Waals surface area contributed by atoms with Gasteiger partial charge in [-0.3, -0.25) is 0 Å². The highest BCUT2D eigenvalue weighted by atomic mass is 16.5. The highest BCUT2D eigenvalue weighted by Gasteiger charge is 2.16. The maximum Gasteiger partial charge on any atom is 0.161 e. The van der Waals surface area contributed by atoms with Crippen LogP contribution < -0.4 is 14.2 Å². The van der Waals surface area contributed by atoms with E-state index in [4.69, 9.17) is 14.2 Å². The van der Waals surface area contributed by atoms with Gasteiger partial charge in [0.05, 0.1) is 14.2 Å². The van der Waals surface area contributed by atoms with Gasteiger partial charge in [0.25, 0.3) is 0 Å². The van der Waals surface area contributed by atoms with Crippen molar-refractivity contribution in [3.8, 4) is 17.2 Å². The van der Waals surface area contributed by atoms with E-state index >= 15 is 0 Å². The zero-order valence-corrected chi connectivity index (χ0v) is 14.4. The summed E-state index contributed by atoms with van der Waals surface area (Å²) in [6, 6.07) is 25.8. The molecular weight excluding hydrogens is 312 g/mol. The number of ether oxygens (including phenoxy) is 3. The lowest BCUT2D eigenvalue weighted by molar-refractivity contribution is 0.242. The summed E-state index contributed by atoms with van der Waals surface area (Å²) >= 11 is 0. The number of methoxy groups -OCH3 is 2. The van der Waals surface area contributed by atoms with Crippen molar-refractivity contribution in [2.75, 3.05) is 14.2 Å². The SMILES string of the molecule is COc1ccc([CH]C(Oc2ccccc2)c2ccccc2)cc1OC. The van der Waals surface area contributed by atoms with Gasteiger partial charge in [0.1, 0.15) is 11.9 Å². The molecule has 0 aliphatic rings. The predicted octanol–water partition coefficient (Wildman–Crippen LogP) is 5.08. The van der Waals surface area contributed by atoms with Gasteiger partial charge in [0, 0.05) is 6.42 Å². The second-order valence-electron chi connectivity index (χ2n) is 5.54. The number of benzene rings is 3. The average molecular weight is 333 g/mol. The molecular formula is C22H21O3. The van der Waals surface area contributed by atoms with E-state index in [1.807, 2.05) is 66.7 Å². The Balaban J connectivity index is 1.87. The van der Waals surface area contributed by atoms with Crippen molar-refractivity contribution >= 4 is 0 Å². The Morgan fingerprint density at radius 3 is 2.00 bits per heavy atom. The first-order valence-electron chi connectivity index (χ1n) is 8.13. The van der Waals surface area contributed by atoms with Gasteiger partial charge in [-0.05, 0) is 35.4 Å². The minimum Gasteiger partial charge on any atom is -0.493 e. The Morgan fingerprint density at radius 1 is 0.720 bits per heavy atom. The number of hydrogen-bond acceptors (Lipinski definition) is 3. The van der Waals surface area contributed by atoms with E-state index < -0.39 is 0 Å². The van der Waals surface area contributed by atoms with Gasteiger partial charge in [0.2, 0.25) is 0 Å². The minimum atomic E-state index is -0.207. The summed E-state index contributed by atoms with van der Waals surface area (Å²) < 4.78 is 16.9. The fourth-order valence-electron chi connectivity index (χ4n) is 2.62. The number of para-hydroxylation sites is 1. The summed E-state index contributed by atoms with van der Waals surface area (Å²) in [6.07, 6.45) is 1.87. The number of rotatable bonds is 7. The van der Waals surface area contributed by atoms with Gasteiger partial charge in [-0.2, -0.15) is 0 Å². The lowest BCUT2D eigenvalue weighted by Crippen LogP contribution is -2.09. The highest BCUT2D eigenvalue weighted by molar-refractivity contribution is 5.46. The first kappa shape index (κ1) is 16.9. The first-order chi connectivity index (χ1) is 12.3. The molecule has 0 fully saturated rings. The maximum atomic E-state index is 6.21. The van der Waals surface area contributed by atoms with Gasteiger partial charge in [0.15, 0.2) is 11.5 Å². The highest BCUT2D eigenvalue weighted by Crippen LogP contribution is 2.32. The number of hydrogen-bond donors (Lipinski definition) is 0. The largest absolute Gasteiger partial charge is 0.493 e. The second kappa shape index (κ2) is 8.25. The molecule has 0 saturated carbocycles. The third-order valence-corrected chi connectivity index (χ3v) is 3.89. The molecule has 0 aromatic heterocycles. The van der Waals surface area contributed by atoms with E-state index in [1.54, 1.807) is 14.2 Å². The fourth-order valence-corrected chi connectivity index (χ4v) is 2.62. The van der Waals surface area contributed by atoms with Crippen LogP contribution in [0.4, 0.5) is 0 Å². The van der Waals surface area contributed by atoms with Crippen molar-refractivity contribution in [2.45, 2.75) is 6.10 Å². The van der Waals surface area contributed by atoms with Crippen molar-refractivity contribution in [1.29, 1.82) is 0 Å². The lowest BCUT2D eigenvalue weighted by atomic mass is 10.0. The molecule has 0 amide bonds. The lowest BCUT2D eigenvalue weighted by Gasteiger charge is -2.20. The van der Waals surface area contributed by atoms with Crippen LogP contribution in [0.5, 0.6) is 17.2 Å². The Bertz CT molecular complexity index is 785. The molecule has 0 bridgehead atoms. The van der Waals surface area contributed by atoms with Crippen LogP contribution >= 0.6 is 0 Å². The van der Waals surface area contributed by atoms with E-state index in [2.05, 4.69) is 18.6 Å². The van der Waals surface area contributed by atoms with Crippen LogP contribution in [-0.2, 0) is 0 Å². The van der Waals surface area contributed by atoms with Crippen LogP contribution in [0.3, 0.4) is 0 Å². The van der Waals surface area contributed by atoms with Gasteiger partial charge >= 0.3 is 0 Å². The Hall–Kier alpha value is -2.94. The molecule has 0 aliphatic carbocycles. The molecule has 1 unspecified atom stereocenters. The molecule has 3 nitrogen and oxygen atoms in total. The summed E-state index contributed by atoms with van der Waals surface area (Å²) in [4.78, 5) is 0. The van der Waals surface area contributed by atoms with Gasteiger partial charge in [-0.15, -0.1) is 0 Å². The Kier molecular flexibility index (Phi) is 5.57. The van der Waals surface area contributed by atoms with Crippen molar-refractivity contribution in [3.05, 3.63) is 96.4 Å². The van der Waals surface area contributed by atoms with Crippen molar-refractivity contribution in [3.63, 3.8) is 0 Å². The summed E-state index contributed by atoms with van der Waals surface area (Å²) in [5, 5.41) is 0. The summed E-state index contributed by atoms with van der Waals surface area (Å²) in [5.41, 5.74) is 2.09. The summed E-state index contributed by atoms with van der Waals surface area (Å²) in [6.45, 7) is 0. The van der Waals surface area contributed by atoms with Crippen LogP contribution in [0, 0.1) is 6.42 Å². The molecule has 3 rings (SSSR count). The Labute approximate surface area is 148 Å². The van der Waals surface area contributed by atoms with E-state index in [9.17, 15) is 0 Å². The second-order valence-corrected chi connectivity index (χ2v) is 5.54. The van der Waals surface area contributed by atoms with Crippen molar-refractivity contribution in [2.24, 2.45) is 0 Å². The van der Waals surface area contributed by atoms with Gasteiger partial charge < -0.3 is 14.2 Å². The molecule has 1 atom stereocenters. The summed E-state index contributed by atoms with van der Waals surface area (Å²) in [5.74, 6) is 2.23. The molecule has 127 valence electrons. The third kappa shape index (κ3) is 4.32. The first-order valence-corrected chi connectivity index (χ1v) is 8.13. The molecule has 0 heterocycles. The molecule has 0 spiro atoms. The smallest absolute Gasteiger partial charge is 0.161 e. The minimum absolute atomic E-state index is 0.207. The molecule has 0 saturated heterocycles. The molecule has 25 heavy (non-hydrogen) atoms. The monoisotopic (exact) mass is 333 g/mol. The third-order valence-electron chi connectivity index (χ3n) is 3.89. The van der Waals surface area contributed by atoms with E-state index in [1.165, 1.54) is 0 Å². The summed E-state index contributed by atoms with van der Waals surface area (Å²) in [7, 11) is 3.27. The maximum absolute atomic E-state index is 6.21. The predicted molar refractivity (Wildman–Crippen MR) is 99.2 cm³/mol. The van der Waals surface area contributed by atoms with E-state index in [-0.39, 0.29) is 6.10 Å². The topological polar surface area (TPSA) is 27.7 Å². The quantitative estimate of drug-likeness (QED) is 0.604. The normalized spacial score (nSPS) is 11.6. The average Bonchev–Trinajstić information content (AvgIpc) is 2.69. The molecule has 1 radical (unpaired) electrons. The molecule has 3 aromatic rings. The van der Waals surface area contributed by atoms with E-state index in [0.29, 0.717) is 11.5 Å². The van der Waals surface area contributed by atoms with Gasteiger partial charge in [-0.25, -0.2) is 0 Å². The molecule has 0 N–H and O–H groups in total. The van der Waals surface area contributed by atoms with Crippen LogP contribution in [0.2, 0.25) is 0 Å².